The van der Waals surface area contributed by atoms with Crippen LogP contribution >= 0.6 is 0 Å². The van der Waals surface area contributed by atoms with Crippen LogP contribution in [0.2, 0.25) is 0 Å². The maximum atomic E-state index is 10.4. The predicted molar refractivity (Wildman–Crippen MR) is 65.8 cm³/mol. The van der Waals surface area contributed by atoms with Gasteiger partial charge in [0.25, 0.3) is 0 Å². The quantitative estimate of drug-likeness (QED) is 0.739. The average molecular weight is 241 g/mol. The molecule has 0 aromatic carbocycles. The first-order valence-electron chi connectivity index (χ1n) is 5.67. The van der Waals surface area contributed by atoms with E-state index < -0.39 is 13.2 Å². The van der Waals surface area contributed by atoms with E-state index in [1.165, 1.54) is 0 Å². The summed E-state index contributed by atoms with van der Waals surface area (Å²) in [4.78, 5) is 10.4. The molecule has 1 rings (SSSR count). The SMILES string of the molecule is CC(/C=C/B1OC(C)(C)C(C)(C)O1)NC(=O)O. The minimum Gasteiger partial charge on any atom is -0.465 e. The second-order valence-corrected chi connectivity index (χ2v) is 5.25. The first-order valence-corrected chi connectivity index (χ1v) is 5.67. The lowest BCUT2D eigenvalue weighted by atomic mass is 9.89. The van der Waals surface area contributed by atoms with E-state index >= 15 is 0 Å². The van der Waals surface area contributed by atoms with Crippen LogP contribution in [0, 0.1) is 0 Å². The molecule has 1 atom stereocenters. The van der Waals surface area contributed by atoms with Gasteiger partial charge in [-0.15, -0.1) is 0 Å². The van der Waals surface area contributed by atoms with Gasteiger partial charge in [-0.3, -0.25) is 0 Å². The molecule has 17 heavy (non-hydrogen) atoms. The van der Waals surface area contributed by atoms with Crippen molar-refractivity contribution in [3.8, 4) is 0 Å². The Morgan fingerprint density at radius 2 is 1.76 bits per heavy atom. The number of hydrogen-bond acceptors (Lipinski definition) is 3. The molecule has 0 radical (unpaired) electrons. The molecule has 5 nitrogen and oxygen atoms in total. The second-order valence-electron chi connectivity index (χ2n) is 5.25. The van der Waals surface area contributed by atoms with Crippen LogP contribution in [-0.4, -0.2) is 35.6 Å². The molecular weight excluding hydrogens is 221 g/mol. The summed E-state index contributed by atoms with van der Waals surface area (Å²) in [5.41, 5.74) is -0.739. The number of hydrogen-bond donors (Lipinski definition) is 2. The summed E-state index contributed by atoms with van der Waals surface area (Å²) in [6, 6.07) is -0.272. The Bertz CT molecular complexity index is 311. The zero-order valence-corrected chi connectivity index (χ0v) is 11.0. The van der Waals surface area contributed by atoms with Crippen LogP contribution in [0.15, 0.2) is 12.1 Å². The second kappa shape index (κ2) is 4.70. The molecule has 1 amide bonds. The highest BCUT2D eigenvalue weighted by Crippen LogP contribution is 2.36. The van der Waals surface area contributed by atoms with Gasteiger partial charge in [-0.2, -0.15) is 0 Å². The van der Waals surface area contributed by atoms with E-state index in [4.69, 9.17) is 14.4 Å². The summed E-state index contributed by atoms with van der Waals surface area (Å²) < 4.78 is 11.5. The van der Waals surface area contributed by atoms with Gasteiger partial charge in [-0.05, 0) is 34.6 Å². The molecule has 2 N–H and O–H groups in total. The van der Waals surface area contributed by atoms with Crippen LogP contribution < -0.4 is 5.32 Å². The van der Waals surface area contributed by atoms with Gasteiger partial charge < -0.3 is 19.7 Å². The van der Waals surface area contributed by atoms with Crippen LogP contribution in [0.5, 0.6) is 0 Å². The van der Waals surface area contributed by atoms with E-state index in [1.807, 2.05) is 27.7 Å². The largest absolute Gasteiger partial charge is 0.486 e. The van der Waals surface area contributed by atoms with Crippen molar-refractivity contribution in [2.75, 3.05) is 0 Å². The number of nitrogens with one attached hydrogen (secondary N) is 1. The molecule has 0 bridgehead atoms. The fourth-order valence-corrected chi connectivity index (χ4v) is 1.47. The zero-order chi connectivity index (χ0) is 13.3. The van der Waals surface area contributed by atoms with Gasteiger partial charge in [-0.25, -0.2) is 4.79 Å². The van der Waals surface area contributed by atoms with Crippen molar-refractivity contribution in [1.82, 2.24) is 5.32 Å². The summed E-state index contributed by atoms with van der Waals surface area (Å²) in [6.45, 7) is 9.63. The number of amides is 1. The highest BCUT2D eigenvalue weighted by molar-refractivity contribution is 6.51. The van der Waals surface area contributed by atoms with Crippen LogP contribution in [0.25, 0.3) is 0 Å². The minimum absolute atomic E-state index is 0.272. The molecule has 0 aromatic rings. The van der Waals surface area contributed by atoms with Gasteiger partial charge >= 0.3 is 13.2 Å². The molecule has 0 aliphatic carbocycles. The molecule has 1 aliphatic heterocycles. The molecule has 1 fully saturated rings. The van der Waals surface area contributed by atoms with E-state index in [0.717, 1.165) is 0 Å². The maximum Gasteiger partial charge on any atom is 0.486 e. The van der Waals surface area contributed by atoms with Gasteiger partial charge in [-0.1, -0.05) is 12.1 Å². The third kappa shape index (κ3) is 3.47. The molecule has 0 saturated carbocycles. The van der Waals surface area contributed by atoms with E-state index in [1.54, 1.807) is 19.0 Å². The van der Waals surface area contributed by atoms with E-state index in [0.29, 0.717) is 0 Å². The van der Waals surface area contributed by atoms with Crippen molar-refractivity contribution in [2.24, 2.45) is 0 Å². The maximum absolute atomic E-state index is 10.4. The van der Waals surface area contributed by atoms with E-state index in [9.17, 15) is 4.79 Å². The smallest absolute Gasteiger partial charge is 0.465 e. The summed E-state index contributed by atoms with van der Waals surface area (Å²) in [6.07, 6.45) is 0.673. The minimum atomic E-state index is -1.05. The third-order valence-electron chi connectivity index (χ3n) is 3.18. The van der Waals surface area contributed by atoms with Crippen LogP contribution in [0.3, 0.4) is 0 Å². The van der Waals surface area contributed by atoms with Crippen molar-refractivity contribution in [1.29, 1.82) is 0 Å². The lowest BCUT2D eigenvalue weighted by Gasteiger charge is -2.32. The number of rotatable bonds is 3. The normalized spacial score (nSPS) is 23.9. The number of carbonyl (C=O) groups is 1. The first kappa shape index (κ1) is 14.1. The number of carboxylic acid groups (broad SMARTS) is 1. The fraction of sp³-hybridized carbons (Fsp3) is 0.727. The van der Waals surface area contributed by atoms with Crippen LogP contribution in [0.4, 0.5) is 4.79 Å². The molecule has 1 saturated heterocycles. The van der Waals surface area contributed by atoms with Crippen molar-refractivity contribution < 1.29 is 19.2 Å². The molecule has 0 spiro atoms. The predicted octanol–water partition coefficient (Wildman–Crippen LogP) is 1.83. The molecule has 0 aromatic heterocycles. The molecule has 1 unspecified atom stereocenters. The lowest BCUT2D eigenvalue weighted by molar-refractivity contribution is 0.00578. The molecular formula is C11H20BNO4. The topological polar surface area (TPSA) is 67.8 Å². The monoisotopic (exact) mass is 241 g/mol. The van der Waals surface area contributed by atoms with Crippen LogP contribution in [0.1, 0.15) is 34.6 Å². The summed E-state index contributed by atoms with van der Waals surface area (Å²) in [5, 5.41) is 10.9. The molecule has 96 valence electrons. The third-order valence-corrected chi connectivity index (χ3v) is 3.18. The Kier molecular flexibility index (Phi) is 3.89. The Hall–Kier alpha value is -1.01. The van der Waals surface area contributed by atoms with Gasteiger partial charge in [0.1, 0.15) is 0 Å². The van der Waals surface area contributed by atoms with Gasteiger partial charge in [0.05, 0.1) is 11.2 Å². The van der Waals surface area contributed by atoms with Crippen molar-refractivity contribution >= 4 is 13.2 Å². The summed E-state index contributed by atoms with van der Waals surface area (Å²) in [5.74, 6) is 1.73. The Balaban J connectivity index is 2.56. The fourth-order valence-electron chi connectivity index (χ4n) is 1.47. The molecule has 1 heterocycles. The highest BCUT2D eigenvalue weighted by atomic mass is 16.7. The zero-order valence-electron chi connectivity index (χ0n) is 11.0. The van der Waals surface area contributed by atoms with Crippen molar-refractivity contribution in [3.63, 3.8) is 0 Å². The van der Waals surface area contributed by atoms with E-state index in [2.05, 4.69) is 5.32 Å². The highest BCUT2D eigenvalue weighted by Gasteiger charge is 2.49. The Labute approximate surface area is 102 Å². The molecule has 6 heteroatoms. The van der Waals surface area contributed by atoms with Crippen LogP contribution in [-0.2, 0) is 9.31 Å². The summed E-state index contributed by atoms with van der Waals surface area (Å²) >= 11 is 0. The van der Waals surface area contributed by atoms with Gasteiger partial charge in [0, 0.05) is 6.04 Å². The van der Waals surface area contributed by atoms with Crippen molar-refractivity contribution in [2.45, 2.75) is 51.9 Å². The summed E-state index contributed by atoms with van der Waals surface area (Å²) in [7, 11) is -0.432. The lowest BCUT2D eigenvalue weighted by Crippen LogP contribution is -2.41. The average Bonchev–Trinajstić information content (AvgIpc) is 2.31. The first-order chi connectivity index (χ1) is 7.64. The molecule has 1 aliphatic rings. The Morgan fingerprint density at radius 3 is 2.18 bits per heavy atom. The van der Waals surface area contributed by atoms with E-state index in [-0.39, 0.29) is 17.2 Å². The standard InChI is InChI=1S/C11H20BNO4/c1-8(13-9(14)15)6-7-12-16-10(2,3)11(4,5)17-12/h6-8,13H,1-5H3,(H,14,15)/b7-6+. The Morgan fingerprint density at radius 1 is 1.29 bits per heavy atom. The van der Waals surface area contributed by atoms with Gasteiger partial charge in [0.2, 0.25) is 0 Å². The van der Waals surface area contributed by atoms with Gasteiger partial charge in [0.15, 0.2) is 0 Å². The van der Waals surface area contributed by atoms with Crippen molar-refractivity contribution in [3.05, 3.63) is 12.1 Å².